The normalized spacial score (nSPS) is 14.3. The van der Waals surface area contributed by atoms with Crippen LogP contribution in [0.15, 0.2) is 48.7 Å². The van der Waals surface area contributed by atoms with Crippen molar-refractivity contribution in [2.45, 2.75) is 0 Å². The van der Waals surface area contributed by atoms with Gasteiger partial charge in [-0.3, -0.25) is 14.4 Å². The Morgan fingerprint density at radius 1 is 1.22 bits per heavy atom. The van der Waals surface area contributed by atoms with Gasteiger partial charge in [0.25, 0.3) is 5.91 Å². The SMILES string of the molecule is Cn1ncc(Cl)c1-c1cc(NC(=O)c2ccc(F)cc2)ccc1OCCN1CCOCC1. The number of nitrogens with zero attached hydrogens (tertiary/aromatic N) is 3. The van der Waals surface area contributed by atoms with Crippen LogP contribution in [-0.2, 0) is 11.8 Å². The van der Waals surface area contributed by atoms with Crippen LogP contribution in [0.4, 0.5) is 10.1 Å². The minimum atomic E-state index is -0.395. The van der Waals surface area contributed by atoms with Gasteiger partial charge in [-0.2, -0.15) is 5.10 Å². The molecule has 3 aromatic rings. The number of rotatable bonds is 7. The van der Waals surface area contributed by atoms with Crippen molar-refractivity contribution in [3.8, 4) is 17.0 Å². The van der Waals surface area contributed by atoms with Crippen molar-refractivity contribution in [2.75, 3.05) is 44.8 Å². The number of halogens is 2. The third kappa shape index (κ3) is 5.27. The molecule has 4 rings (SSSR count). The van der Waals surface area contributed by atoms with E-state index in [1.807, 2.05) is 0 Å². The van der Waals surface area contributed by atoms with Crippen LogP contribution in [-0.4, -0.2) is 60.0 Å². The van der Waals surface area contributed by atoms with Gasteiger partial charge in [0.15, 0.2) is 0 Å². The Balaban J connectivity index is 1.54. The molecule has 1 amide bonds. The number of benzene rings is 2. The fraction of sp³-hybridized carbons (Fsp3) is 0.304. The highest BCUT2D eigenvalue weighted by Crippen LogP contribution is 2.36. The first-order chi connectivity index (χ1) is 15.5. The molecule has 0 spiro atoms. The van der Waals surface area contributed by atoms with Crippen LogP contribution in [0.2, 0.25) is 5.02 Å². The number of carbonyl (C=O) groups is 1. The first kappa shape index (κ1) is 22.3. The summed E-state index contributed by atoms with van der Waals surface area (Å²) in [5.41, 5.74) is 2.32. The van der Waals surface area contributed by atoms with Gasteiger partial charge in [0.2, 0.25) is 0 Å². The highest BCUT2D eigenvalue weighted by atomic mass is 35.5. The molecule has 32 heavy (non-hydrogen) atoms. The van der Waals surface area contributed by atoms with Crippen molar-refractivity contribution in [3.05, 3.63) is 65.1 Å². The van der Waals surface area contributed by atoms with Crippen LogP contribution >= 0.6 is 11.6 Å². The predicted octanol–water partition coefficient (Wildman–Crippen LogP) is 3.84. The summed E-state index contributed by atoms with van der Waals surface area (Å²) >= 11 is 6.39. The van der Waals surface area contributed by atoms with Crippen LogP contribution in [0.1, 0.15) is 10.4 Å². The number of aryl methyl sites for hydroxylation is 1. The number of ether oxygens (including phenoxy) is 2. The molecule has 168 valence electrons. The van der Waals surface area contributed by atoms with Gasteiger partial charge in [-0.05, 0) is 42.5 Å². The lowest BCUT2D eigenvalue weighted by Crippen LogP contribution is -2.38. The molecule has 1 aliphatic heterocycles. The lowest BCUT2D eigenvalue weighted by molar-refractivity contribution is 0.0323. The molecule has 0 saturated carbocycles. The fourth-order valence-corrected chi connectivity index (χ4v) is 3.81. The molecule has 1 aromatic heterocycles. The minimum Gasteiger partial charge on any atom is -0.492 e. The molecule has 9 heteroatoms. The second kappa shape index (κ2) is 10.1. The second-order valence-corrected chi connectivity index (χ2v) is 7.85. The molecule has 1 saturated heterocycles. The molecule has 1 aliphatic rings. The van der Waals surface area contributed by atoms with E-state index < -0.39 is 5.82 Å². The molecule has 0 bridgehead atoms. The van der Waals surface area contributed by atoms with E-state index in [-0.39, 0.29) is 5.91 Å². The molecular weight excluding hydrogens is 435 g/mol. The summed E-state index contributed by atoms with van der Waals surface area (Å²) in [7, 11) is 1.79. The molecule has 1 fully saturated rings. The van der Waals surface area contributed by atoms with Crippen molar-refractivity contribution in [1.29, 1.82) is 0 Å². The van der Waals surface area contributed by atoms with Crippen LogP contribution in [0.25, 0.3) is 11.3 Å². The van der Waals surface area contributed by atoms with Gasteiger partial charge in [0.05, 0.1) is 30.1 Å². The lowest BCUT2D eigenvalue weighted by Gasteiger charge is -2.26. The quantitative estimate of drug-likeness (QED) is 0.582. The van der Waals surface area contributed by atoms with E-state index in [1.54, 1.807) is 36.1 Å². The molecule has 0 unspecified atom stereocenters. The Labute approximate surface area is 190 Å². The number of nitrogens with one attached hydrogen (secondary N) is 1. The third-order valence-electron chi connectivity index (χ3n) is 5.26. The average molecular weight is 459 g/mol. The lowest BCUT2D eigenvalue weighted by atomic mass is 10.1. The van der Waals surface area contributed by atoms with Crippen LogP contribution in [0.5, 0.6) is 5.75 Å². The Kier molecular flexibility index (Phi) is 7.04. The van der Waals surface area contributed by atoms with Crippen molar-refractivity contribution in [2.24, 2.45) is 7.05 Å². The van der Waals surface area contributed by atoms with E-state index in [1.165, 1.54) is 24.3 Å². The van der Waals surface area contributed by atoms with E-state index in [2.05, 4.69) is 15.3 Å². The van der Waals surface area contributed by atoms with E-state index in [9.17, 15) is 9.18 Å². The van der Waals surface area contributed by atoms with Gasteiger partial charge in [-0.1, -0.05) is 11.6 Å². The number of anilines is 1. The van der Waals surface area contributed by atoms with Crippen LogP contribution < -0.4 is 10.1 Å². The second-order valence-electron chi connectivity index (χ2n) is 7.44. The molecule has 2 aromatic carbocycles. The fourth-order valence-electron chi connectivity index (χ4n) is 3.55. The summed E-state index contributed by atoms with van der Waals surface area (Å²) in [4.78, 5) is 14.9. The summed E-state index contributed by atoms with van der Waals surface area (Å²) in [6.45, 7) is 4.53. The summed E-state index contributed by atoms with van der Waals surface area (Å²) in [6.07, 6.45) is 1.57. The van der Waals surface area contributed by atoms with Gasteiger partial charge in [-0.15, -0.1) is 0 Å². The van der Waals surface area contributed by atoms with Gasteiger partial charge in [0.1, 0.15) is 18.2 Å². The van der Waals surface area contributed by atoms with Crippen molar-refractivity contribution in [1.82, 2.24) is 14.7 Å². The zero-order chi connectivity index (χ0) is 22.5. The number of hydrogen-bond acceptors (Lipinski definition) is 5. The molecule has 7 nitrogen and oxygen atoms in total. The van der Waals surface area contributed by atoms with E-state index >= 15 is 0 Å². The molecule has 1 N–H and O–H groups in total. The largest absolute Gasteiger partial charge is 0.492 e. The summed E-state index contributed by atoms with van der Waals surface area (Å²) in [6, 6.07) is 10.7. The Hall–Kier alpha value is -2.94. The zero-order valence-electron chi connectivity index (χ0n) is 17.7. The zero-order valence-corrected chi connectivity index (χ0v) is 18.4. The summed E-state index contributed by atoms with van der Waals surface area (Å²) in [5.74, 6) is -0.0927. The standard InChI is InChI=1S/C23H24ClFN4O3/c1-28-22(20(24)15-26-28)19-14-18(27-23(30)16-2-4-17(25)5-3-16)6-7-21(19)32-13-10-29-8-11-31-12-9-29/h2-7,14-15H,8-13H2,1H3,(H,27,30). The summed E-state index contributed by atoms with van der Waals surface area (Å²) < 4.78 is 26.3. The Morgan fingerprint density at radius 3 is 2.66 bits per heavy atom. The van der Waals surface area contributed by atoms with E-state index in [0.29, 0.717) is 39.9 Å². The monoisotopic (exact) mass is 458 g/mol. The van der Waals surface area contributed by atoms with E-state index in [0.717, 1.165) is 32.8 Å². The molecular formula is C23H24ClFN4O3. The van der Waals surface area contributed by atoms with Gasteiger partial charge >= 0.3 is 0 Å². The van der Waals surface area contributed by atoms with Gasteiger partial charge in [-0.25, -0.2) is 4.39 Å². The minimum absolute atomic E-state index is 0.340. The van der Waals surface area contributed by atoms with Gasteiger partial charge in [0, 0.05) is 43.5 Å². The maximum absolute atomic E-state index is 13.2. The summed E-state index contributed by atoms with van der Waals surface area (Å²) in [5, 5.41) is 7.54. The number of amides is 1. The number of carbonyl (C=O) groups excluding carboxylic acids is 1. The Bertz CT molecular complexity index is 1060. The Morgan fingerprint density at radius 2 is 1.97 bits per heavy atom. The highest BCUT2D eigenvalue weighted by Gasteiger charge is 2.17. The maximum atomic E-state index is 13.2. The molecule has 0 atom stereocenters. The van der Waals surface area contributed by atoms with Crippen molar-refractivity contribution < 1.29 is 18.7 Å². The van der Waals surface area contributed by atoms with E-state index in [4.69, 9.17) is 21.1 Å². The molecule has 0 aliphatic carbocycles. The predicted molar refractivity (Wildman–Crippen MR) is 121 cm³/mol. The first-order valence-corrected chi connectivity index (χ1v) is 10.7. The third-order valence-corrected chi connectivity index (χ3v) is 5.54. The van der Waals surface area contributed by atoms with Crippen LogP contribution in [0, 0.1) is 5.82 Å². The first-order valence-electron chi connectivity index (χ1n) is 10.3. The van der Waals surface area contributed by atoms with Crippen molar-refractivity contribution >= 4 is 23.2 Å². The molecule has 0 radical (unpaired) electrons. The smallest absolute Gasteiger partial charge is 0.255 e. The van der Waals surface area contributed by atoms with Crippen LogP contribution in [0.3, 0.4) is 0 Å². The highest BCUT2D eigenvalue weighted by molar-refractivity contribution is 6.33. The molecule has 2 heterocycles. The topological polar surface area (TPSA) is 68.6 Å². The number of hydrogen-bond donors (Lipinski definition) is 1. The number of aromatic nitrogens is 2. The van der Waals surface area contributed by atoms with Gasteiger partial charge < -0.3 is 14.8 Å². The average Bonchev–Trinajstić information content (AvgIpc) is 3.13. The number of morpholine rings is 1. The van der Waals surface area contributed by atoms with Crippen molar-refractivity contribution in [3.63, 3.8) is 0 Å². The maximum Gasteiger partial charge on any atom is 0.255 e.